The number of nitrogens with zero attached hydrogens (tertiary/aromatic N) is 2. The Morgan fingerprint density at radius 2 is 1.72 bits per heavy atom. The second-order valence-electron chi connectivity index (χ2n) is 5.96. The van der Waals surface area contributed by atoms with E-state index in [1.165, 1.54) is 29.1 Å². The first kappa shape index (κ1) is 17.8. The molecule has 1 fully saturated rings. The molecule has 0 aliphatic carbocycles. The highest BCUT2D eigenvalue weighted by Gasteiger charge is 2.29. The predicted octanol–water partition coefficient (Wildman–Crippen LogP) is 2.34. The van der Waals surface area contributed by atoms with Crippen LogP contribution in [0.1, 0.15) is 5.56 Å². The Morgan fingerprint density at radius 1 is 1.04 bits per heavy atom. The maximum atomic E-state index is 13.8. The standard InChI is InChI=1S/C18H21FN2O3S/c1-24-18-8-7-16(13-17(18)19)25(22,23)21-11-9-20(10-12-21)14-15-5-3-2-4-6-15/h2-8,13H,9-12,14H2,1H3. The average molecular weight is 364 g/mol. The van der Waals surface area contributed by atoms with Gasteiger partial charge in [-0.25, -0.2) is 12.8 Å². The van der Waals surface area contributed by atoms with Gasteiger partial charge < -0.3 is 4.74 Å². The zero-order valence-corrected chi connectivity index (χ0v) is 14.9. The van der Waals surface area contributed by atoms with Gasteiger partial charge in [-0.2, -0.15) is 4.31 Å². The van der Waals surface area contributed by atoms with Gasteiger partial charge in [0.1, 0.15) is 0 Å². The predicted molar refractivity (Wildman–Crippen MR) is 93.4 cm³/mol. The summed E-state index contributed by atoms with van der Waals surface area (Å²) >= 11 is 0. The zero-order chi connectivity index (χ0) is 17.9. The molecule has 0 unspecified atom stereocenters. The molecule has 7 heteroatoms. The number of ether oxygens (including phenoxy) is 1. The summed E-state index contributed by atoms with van der Waals surface area (Å²) in [5.74, 6) is -0.641. The monoisotopic (exact) mass is 364 g/mol. The van der Waals surface area contributed by atoms with Gasteiger partial charge in [0.2, 0.25) is 10.0 Å². The van der Waals surface area contributed by atoms with E-state index in [4.69, 9.17) is 4.74 Å². The van der Waals surface area contributed by atoms with E-state index < -0.39 is 15.8 Å². The number of rotatable bonds is 5. The summed E-state index contributed by atoms with van der Waals surface area (Å²) in [6.45, 7) is 2.87. The maximum Gasteiger partial charge on any atom is 0.243 e. The molecule has 2 aromatic rings. The van der Waals surface area contributed by atoms with Crippen molar-refractivity contribution in [3.8, 4) is 5.75 Å². The lowest BCUT2D eigenvalue weighted by molar-refractivity contribution is 0.181. The lowest BCUT2D eigenvalue weighted by Gasteiger charge is -2.34. The molecule has 2 aromatic carbocycles. The molecule has 0 spiro atoms. The van der Waals surface area contributed by atoms with Crippen LogP contribution in [-0.2, 0) is 16.6 Å². The van der Waals surface area contributed by atoms with Crippen LogP contribution in [0.3, 0.4) is 0 Å². The summed E-state index contributed by atoms with van der Waals surface area (Å²) in [6.07, 6.45) is 0. The molecule has 0 saturated carbocycles. The summed E-state index contributed by atoms with van der Waals surface area (Å²) < 4.78 is 45.5. The maximum absolute atomic E-state index is 13.8. The highest BCUT2D eigenvalue weighted by atomic mass is 32.2. The van der Waals surface area contributed by atoms with Crippen molar-refractivity contribution in [2.24, 2.45) is 0 Å². The third kappa shape index (κ3) is 4.00. The normalized spacial score (nSPS) is 16.7. The van der Waals surface area contributed by atoms with Crippen LogP contribution in [0.2, 0.25) is 0 Å². The lowest BCUT2D eigenvalue weighted by Crippen LogP contribution is -2.48. The molecular formula is C18H21FN2O3S. The second-order valence-corrected chi connectivity index (χ2v) is 7.90. The van der Waals surface area contributed by atoms with Crippen LogP contribution in [0.25, 0.3) is 0 Å². The molecular weight excluding hydrogens is 343 g/mol. The van der Waals surface area contributed by atoms with Gasteiger partial charge in [-0.1, -0.05) is 30.3 Å². The smallest absolute Gasteiger partial charge is 0.243 e. The van der Waals surface area contributed by atoms with Gasteiger partial charge >= 0.3 is 0 Å². The van der Waals surface area contributed by atoms with Gasteiger partial charge in [-0.05, 0) is 23.8 Å². The van der Waals surface area contributed by atoms with E-state index in [0.29, 0.717) is 26.2 Å². The van der Waals surface area contributed by atoms with Crippen LogP contribution >= 0.6 is 0 Å². The number of piperazine rings is 1. The van der Waals surface area contributed by atoms with Crippen LogP contribution in [0.15, 0.2) is 53.4 Å². The SMILES string of the molecule is COc1ccc(S(=O)(=O)N2CCN(Cc3ccccc3)CC2)cc1F. The second kappa shape index (κ2) is 7.51. The highest BCUT2D eigenvalue weighted by Crippen LogP contribution is 2.24. The zero-order valence-electron chi connectivity index (χ0n) is 14.1. The minimum absolute atomic E-state index is 0.0339. The average Bonchev–Trinajstić information content (AvgIpc) is 2.63. The molecule has 134 valence electrons. The molecule has 3 rings (SSSR count). The third-order valence-corrected chi connectivity index (χ3v) is 6.24. The molecule has 0 amide bonds. The van der Waals surface area contributed by atoms with E-state index in [-0.39, 0.29) is 10.6 Å². The highest BCUT2D eigenvalue weighted by molar-refractivity contribution is 7.89. The van der Waals surface area contributed by atoms with Gasteiger partial charge in [-0.3, -0.25) is 4.90 Å². The fourth-order valence-electron chi connectivity index (χ4n) is 2.93. The number of benzene rings is 2. The number of sulfonamides is 1. The number of hydrogen-bond acceptors (Lipinski definition) is 4. The van der Waals surface area contributed by atoms with Crippen molar-refractivity contribution in [3.05, 3.63) is 59.9 Å². The molecule has 0 aromatic heterocycles. The van der Waals surface area contributed by atoms with Crippen LogP contribution in [0.4, 0.5) is 4.39 Å². The topological polar surface area (TPSA) is 49.9 Å². The Morgan fingerprint density at radius 3 is 2.32 bits per heavy atom. The van der Waals surface area contributed by atoms with Crippen molar-refractivity contribution in [2.75, 3.05) is 33.3 Å². The Balaban J connectivity index is 1.66. The molecule has 0 atom stereocenters. The molecule has 1 heterocycles. The number of hydrogen-bond donors (Lipinski definition) is 0. The Kier molecular flexibility index (Phi) is 5.36. The van der Waals surface area contributed by atoms with E-state index in [2.05, 4.69) is 17.0 Å². The van der Waals surface area contributed by atoms with E-state index in [1.807, 2.05) is 18.2 Å². The molecule has 5 nitrogen and oxygen atoms in total. The van der Waals surface area contributed by atoms with Crippen molar-refractivity contribution in [1.29, 1.82) is 0 Å². The van der Waals surface area contributed by atoms with Crippen LogP contribution in [0, 0.1) is 5.82 Å². The molecule has 1 aliphatic rings. The van der Waals surface area contributed by atoms with Crippen molar-refractivity contribution < 1.29 is 17.5 Å². The first-order chi connectivity index (χ1) is 12.0. The Hall–Kier alpha value is -1.96. The third-order valence-electron chi connectivity index (χ3n) is 4.34. The van der Waals surface area contributed by atoms with Crippen molar-refractivity contribution in [2.45, 2.75) is 11.4 Å². The van der Waals surface area contributed by atoms with E-state index >= 15 is 0 Å². The van der Waals surface area contributed by atoms with Crippen LogP contribution < -0.4 is 4.74 Å². The summed E-state index contributed by atoms with van der Waals surface area (Å²) in [4.78, 5) is 2.18. The lowest BCUT2D eigenvalue weighted by atomic mass is 10.2. The first-order valence-electron chi connectivity index (χ1n) is 8.10. The molecule has 25 heavy (non-hydrogen) atoms. The van der Waals surface area contributed by atoms with Crippen LogP contribution in [0.5, 0.6) is 5.75 Å². The van der Waals surface area contributed by atoms with Gasteiger partial charge in [-0.15, -0.1) is 0 Å². The van der Waals surface area contributed by atoms with Gasteiger partial charge in [0.25, 0.3) is 0 Å². The molecule has 1 saturated heterocycles. The fourth-order valence-corrected chi connectivity index (χ4v) is 4.36. The van der Waals surface area contributed by atoms with Crippen molar-refractivity contribution >= 4 is 10.0 Å². The first-order valence-corrected chi connectivity index (χ1v) is 9.54. The number of halogens is 1. The Bertz CT molecular complexity index is 819. The van der Waals surface area contributed by atoms with E-state index in [9.17, 15) is 12.8 Å². The minimum atomic E-state index is -3.69. The summed E-state index contributed by atoms with van der Waals surface area (Å²) in [5, 5.41) is 0. The number of methoxy groups -OCH3 is 1. The van der Waals surface area contributed by atoms with E-state index in [1.54, 1.807) is 0 Å². The Labute approximate surface area is 147 Å². The van der Waals surface area contributed by atoms with Crippen molar-refractivity contribution in [1.82, 2.24) is 9.21 Å². The fraction of sp³-hybridized carbons (Fsp3) is 0.333. The molecule has 0 N–H and O–H groups in total. The van der Waals surface area contributed by atoms with Crippen molar-refractivity contribution in [3.63, 3.8) is 0 Å². The quantitative estimate of drug-likeness (QED) is 0.817. The van der Waals surface area contributed by atoms with Gasteiger partial charge in [0, 0.05) is 32.7 Å². The van der Waals surface area contributed by atoms with E-state index in [0.717, 1.165) is 12.6 Å². The van der Waals surface area contributed by atoms with Gasteiger partial charge in [0.15, 0.2) is 11.6 Å². The summed E-state index contributed by atoms with van der Waals surface area (Å²) in [7, 11) is -2.35. The minimum Gasteiger partial charge on any atom is -0.494 e. The van der Waals surface area contributed by atoms with Crippen LogP contribution in [-0.4, -0.2) is 50.9 Å². The molecule has 0 bridgehead atoms. The molecule has 1 aliphatic heterocycles. The molecule has 0 radical (unpaired) electrons. The van der Waals surface area contributed by atoms with Gasteiger partial charge in [0.05, 0.1) is 12.0 Å². The summed E-state index contributed by atoms with van der Waals surface area (Å²) in [5.41, 5.74) is 1.20. The largest absolute Gasteiger partial charge is 0.494 e. The summed E-state index contributed by atoms with van der Waals surface area (Å²) in [6, 6.07) is 13.8.